The Morgan fingerprint density at radius 3 is 2.43 bits per heavy atom. The van der Waals surface area contributed by atoms with Gasteiger partial charge < -0.3 is 24.8 Å². The zero-order valence-electron chi connectivity index (χ0n) is 30.8. The molecule has 0 unspecified atom stereocenters. The summed E-state index contributed by atoms with van der Waals surface area (Å²) < 4.78 is 18.7. The largest absolute Gasteiger partial charge is 0.494 e. The summed E-state index contributed by atoms with van der Waals surface area (Å²) in [5.41, 5.74) is 4.29. The van der Waals surface area contributed by atoms with Gasteiger partial charge in [0, 0.05) is 88.1 Å². The second-order valence-electron chi connectivity index (χ2n) is 14.2. The number of carbonyl (C=O) groups is 2. The average Bonchev–Trinajstić information content (AvgIpc) is 3.16. The van der Waals surface area contributed by atoms with Gasteiger partial charge in [-0.1, -0.05) is 23.7 Å². The van der Waals surface area contributed by atoms with Crippen LogP contribution >= 0.6 is 18.7 Å². The number of piperidine rings is 1. The van der Waals surface area contributed by atoms with Gasteiger partial charge in [0.25, 0.3) is 0 Å². The number of anilines is 6. The van der Waals surface area contributed by atoms with Crippen LogP contribution in [0.15, 0.2) is 67.1 Å². The number of carbonyl (C=O) groups excluding carboxylic acids is 2. The SMILES string of the molecule is COc1cc(N2CCC(N3CCN(Cc4cncc(N5CCC(=O)NC5=O)c4)CC3)CC2)ccc1Nc1ncc(Cl)c(Nc2ccccc2P(C)(C)=O)n1. The molecule has 2 aromatic carbocycles. The van der Waals surface area contributed by atoms with Gasteiger partial charge in [-0.25, -0.2) is 9.78 Å². The molecule has 3 aliphatic heterocycles. The zero-order valence-corrected chi connectivity index (χ0v) is 32.4. The van der Waals surface area contributed by atoms with Crippen LogP contribution in [0.4, 0.5) is 39.3 Å². The van der Waals surface area contributed by atoms with E-state index >= 15 is 0 Å². The molecule has 0 bridgehead atoms. The Hall–Kier alpha value is -4.75. The Kier molecular flexibility index (Phi) is 11.4. The first kappa shape index (κ1) is 37.6. The maximum absolute atomic E-state index is 12.9. The van der Waals surface area contributed by atoms with Gasteiger partial charge in [0.2, 0.25) is 11.9 Å². The Morgan fingerprint density at radius 2 is 1.69 bits per heavy atom. The third kappa shape index (κ3) is 8.79. The first-order valence-corrected chi connectivity index (χ1v) is 21.2. The number of benzene rings is 2. The topological polar surface area (TPSA) is 148 Å². The highest BCUT2D eigenvalue weighted by Crippen LogP contribution is 2.39. The van der Waals surface area contributed by atoms with E-state index in [0.29, 0.717) is 40.8 Å². The molecular formula is C38H46ClN10O4P. The van der Waals surface area contributed by atoms with Crippen LogP contribution in [-0.2, 0) is 15.9 Å². The molecule has 3 N–H and O–H groups in total. The number of pyridine rings is 1. The molecule has 3 amide bonds. The predicted molar refractivity (Wildman–Crippen MR) is 214 cm³/mol. The number of hydrogen-bond donors (Lipinski definition) is 3. The lowest BCUT2D eigenvalue weighted by Gasteiger charge is -2.43. The van der Waals surface area contributed by atoms with Crippen molar-refractivity contribution < 1.29 is 18.9 Å². The molecule has 3 saturated heterocycles. The Balaban J connectivity index is 0.915. The number of nitrogens with one attached hydrogen (secondary N) is 3. The molecule has 7 rings (SSSR count). The van der Waals surface area contributed by atoms with Crippen LogP contribution in [0.5, 0.6) is 5.75 Å². The van der Waals surface area contributed by atoms with E-state index in [1.807, 2.05) is 48.7 Å². The van der Waals surface area contributed by atoms with Gasteiger partial charge in [0.1, 0.15) is 17.9 Å². The molecule has 3 aliphatic rings. The number of piperazine rings is 1. The molecule has 0 aliphatic carbocycles. The number of imide groups is 1. The van der Waals surface area contributed by atoms with Crippen LogP contribution in [0, 0.1) is 0 Å². The fourth-order valence-electron chi connectivity index (χ4n) is 7.34. The number of urea groups is 1. The minimum absolute atomic E-state index is 0.242. The first-order chi connectivity index (χ1) is 26.0. The van der Waals surface area contributed by atoms with Gasteiger partial charge in [-0.15, -0.1) is 0 Å². The number of nitrogens with zero attached hydrogens (tertiary/aromatic N) is 7. The predicted octanol–water partition coefficient (Wildman–Crippen LogP) is 5.50. The molecule has 5 heterocycles. The average molecular weight is 773 g/mol. The van der Waals surface area contributed by atoms with E-state index in [9.17, 15) is 14.2 Å². The minimum atomic E-state index is -2.54. The number of rotatable bonds is 11. The molecular weight excluding hydrogens is 727 g/mol. The van der Waals surface area contributed by atoms with E-state index in [-0.39, 0.29) is 12.3 Å². The lowest BCUT2D eigenvalue weighted by Crippen LogP contribution is -2.53. The normalized spacial score (nSPS) is 17.7. The van der Waals surface area contributed by atoms with Gasteiger partial charge in [0.05, 0.1) is 36.6 Å². The van der Waals surface area contributed by atoms with E-state index in [2.05, 4.69) is 51.7 Å². The highest BCUT2D eigenvalue weighted by molar-refractivity contribution is 7.70. The van der Waals surface area contributed by atoms with Crippen molar-refractivity contribution in [3.63, 3.8) is 0 Å². The number of hydrogen-bond acceptors (Lipinski definition) is 12. The molecule has 4 aromatic rings. The van der Waals surface area contributed by atoms with Crippen molar-refractivity contribution in [3.05, 3.63) is 77.7 Å². The second kappa shape index (κ2) is 16.3. The molecule has 3 fully saturated rings. The van der Waals surface area contributed by atoms with Gasteiger partial charge >= 0.3 is 6.03 Å². The summed E-state index contributed by atoms with van der Waals surface area (Å²) >= 11 is 6.47. The summed E-state index contributed by atoms with van der Waals surface area (Å²) in [4.78, 5) is 46.3. The summed E-state index contributed by atoms with van der Waals surface area (Å²) in [6.07, 6.45) is 7.52. The minimum Gasteiger partial charge on any atom is -0.494 e. The van der Waals surface area contributed by atoms with Crippen LogP contribution in [0.2, 0.25) is 5.02 Å². The molecule has 54 heavy (non-hydrogen) atoms. The molecule has 0 radical (unpaired) electrons. The van der Waals surface area contributed by atoms with Crippen LogP contribution in [0.25, 0.3) is 0 Å². The van der Waals surface area contributed by atoms with Crippen molar-refractivity contribution in [1.82, 2.24) is 30.1 Å². The second-order valence-corrected chi connectivity index (χ2v) is 17.8. The summed E-state index contributed by atoms with van der Waals surface area (Å²) in [6.45, 7) is 10.5. The van der Waals surface area contributed by atoms with Crippen LogP contribution in [-0.4, -0.2) is 109 Å². The lowest BCUT2D eigenvalue weighted by atomic mass is 10.0. The quantitative estimate of drug-likeness (QED) is 0.165. The number of methoxy groups -OCH3 is 1. The maximum atomic E-state index is 12.9. The number of halogens is 1. The molecule has 0 saturated carbocycles. The van der Waals surface area contributed by atoms with Crippen molar-refractivity contribution in [3.8, 4) is 5.75 Å². The van der Waals surface area contributed by atoms with E-state index < -0.39 is 13.2 Å². The molecule has 0 spiro atoms. The maximum Gasteiger partial charge on any atom is 0.328 e. The number of ether oxygens (including phenoxy) is 1. The van der Waals surface area contributed by atoms with Gasteiger partial charge in [-0.05, 0) is 62.1 Å². The van der Waals surface area contributed by atoms with Gasteiger partial charge in [0.15, 0.2) is 5.82 Å². The Bertz CT molecular complexity index is 2050. The highest BCUT2D eigenvalue weighted by atomic mass is 35.5. The van der Waals surface area contributed by atoms with E-state index in [4.69, 9.17) is 16.3 Å². The number of para-hydroxylation sites is 1. The molecule has 2 aromatic heterocycles. The van der Waals surface area contributed by atoms with Crippen molar-refractivity contribution in [2.24, 2.45) is 0 Å². The van der Waals surface area contributed by atoms with Crippen molar-refractivity contribution in [2.45, 2.75) is 31.8 Å². The van der Waals surface area contributed by atoms with Gasteiger partial charge in [-0.2, -0.15) is 4.98 Å². The van der Waals surface area contributed by atoms with Crippen LogP contribution < -0.4 is 35.8 Å². The summed E-state index contributed by atoms with van der Waals surface area (Å²) in [5.74, 6) is 1.19. The first-order valence-electron chi connectivity index (χ1n) is 18.2. The lowest BCUT2D eigenvalue weighted by molar-refractivity contribution is -0.120. The monoisotopic (exact) mass is 772 g/mol. The number of amides is 3. The summed E-state index contributed by atoms with van der Waals surface area (Å²) in [6, 6.07) is 15.7. The fourth-order valence-corrected chi connectivity index (χ4v) is 8.64. The third-order valence-electron chi connectivity index (χ3n) is 10.2. The fraction of sp³-hybridized carbons (Fsp3) is 0.395. The zero-order chi connectivity index (χ0) is 37.8. The van der Waals surface area contributed by atoms with Crippen LogP contribution in [0.3, 0.4) is 0 Å². The molecule has 16 heteroatoms. The third-order valence-corrected chi connectivity index (χ3v) is 12.0. The smallest absolute Gasteiger partial charge is 0.328 e. The Labute approximate surface area is 320 Å². The van der Waals surface area contributed by atoms with Crippen LogP contribution in [0.1, 0.15) is 24.8 Å². The van der Waals surface area contributed by atoms with E-state index in [0.717, 1.165) is 86.6 Å². The Morgan fingerprint density at radius 1 is 0.907 bits per heavy atom. The van der Waals surface area contributed by atoms with E-state index in [1.165, 1.54) is 6.20 Å². The number of aromatic nitrogens is 3. The van der Waals surface area contributed by atoms with Crippen molar-refractivity contribution in [1.29, 1.82) is 0 Å². The van der Waals surface area contributed by atoms with E-state index in [1.54, 1.807) is 31.5 Å². The standard InChI is InChI=1S/C38H46ClN10O4P/c1-53-33-21-28(8-9-31(33)43-37-41-24-30(39)36(45-37)42-32-6-4-5-7-34(32)54(2,3)52)47-13-10-27(11-14-47)48-18-16-46(17-19-48)25-26-20-29(23-40-22-26)49-15-12-35(50)44-38(49)51/h4-9,20-24,27H,10-19,25H2,1-3H3,(H,44,50,51)(H2,41,42,43,45). The van der Waals surface area contributed by atoms with Gasteiger partial charge in [-0.3, -0.25) is 29.8 Å². The van der Waals surface area contributed by atoms with Crippen molar-refractivity contribution in [2.75, 3.05) is 86.7 Å². The van der Waals surface area contributed by atoms with Crippen molar-refractivity contribution >= 4 is 70.5 Å². The highest BCUT2D eigenvalue weighted by Gasteiger charge is 2.29. The molecule has 284 valence electrons. The summed E-state index contributed by atoms with van der Waals surface area (Å²) in [5, 5.41) is 9.97. The summed E-state index contributed by atoms with van der Waals surface area (Å²) in [7, 11) is -0.888. The molecule has 0 atom stereocenters. The molecule has 14 nitrogen and oxygen atoms in total.